The monoisotopic (exact) mass is 375 g/mol. The smallest absolute Gasteiger partial charge is 0.249 e. The van der Waals surface area contributed by atoms with Crippen LogP contribution in [0.1, 0.15) is 45.1 Å². The first-order valence-corrected chi connectivity index (χ1v) is 9.76. The lowest BCUT2D eigenvalue weighted by atomic mass is 9.85. The van der Waals surface area contributed by atoms with Crippen LogP contribution < -0.4 is 10.2 Å². The Balaban J connectivity index is 2.25. The zero-order valence-electron chi connectivity index (χ0n) is 17.2. The van der Waals surface area contributed by atoms with E-state index in [4.69, 9.17) is 4.74 Å². The zero-order chi connectivity index (χ0) is 20.0. The average Bonchev–Trinajstić information content (AvgIpc) is 2.57. The summed E-state index contributed by atoms with van der Waals surface area (Å²) in [6.45, 7) is 4.67. The second kappa shape index (κ2) is 9.74. The summed E-state index contributed by atoms with van der Waals surface area (Å²) in [5, 5.41) is 3.04. The van der Waals surface area contributed by atoms with Gasteiger partial charge in [0.05, 0.1) is 0 Å². The molecule has 1 N–H and O–H groups in total. The first kappa shape index (κ1) is 21.2. The van der Waals surface area contributed by atoms with E-state index >= 15 is 0 Å². The van der Waals surface area contributed by atoms with Crippen LogP contribution in [0.15, 0.2) is 18.2 Å². The van der Waals surface area contributed by atoms with Crippen LogP contribution in [0, 0.1) is 5.92 Å². The van der Waals surface area contributed by atoms with Gasteiger partial charge >= 0.3 is 0 Å². The zero-order valence-corrected chi connectivity index (χ0v) is 17.2. The Morgan fingerprint density at radius 1 is 1.30 bits per heavy atom. The van der Waals surface area contributed by atoms with Crippen molar-refractivity contribution in [1.82, 2.24) is 4.90 Å². The quantitative estimate of drug-likeness (QED) is 0.720. The molecule has 0 unspecified atom stereocenters. The summed E-state index contributed by atoms with van der Waals surface area (Å²) in [7, 11) is 5.50. The molecule has 2 rings (SSSR count). The molecule has 1 aromatic carbocycles. The van der Waals surface area contributed by atoms with Crippen LogP contribution >= 0.6 is 0 Å². The molecular formula is C21H33N3O3. The summed E-state index contributed by atoms with van der Waals surface area (Å²) in [6.07, 6.45) is 3.95. The lowest BCUT2D eigenvalue weighted by molar-refractivity contribution is -0.138. The molecule has 0 saturated heterocycles. The minimum absolute atomic E-state index is 0.0273. The van der Waals surface area contributed by atoms with E-state index in [9.17, 15) is 9.59 Å². The maximum Gasteiger partial charge on any atom is 0.249 e. The minimum atomic E-state index is -0.0273. The third kappa shape index (κ3) is 5.45. The molecule has 0 spiro atoms. The fourth-order valence-corrected chi connectivity index (χ4v) is 3.24. The minimum Gasteiger partial charge on any atom is -0.377 e. The molecule has 0 bridgehead atoms. The molecule has 1 aliphatic rings. The number of carbonyl (C=O) groups is 2. The van der Waals surface area contributed by atoms with Crippen molar-refractivity contribution in [2.75, 3.05) is 38.0 Å². The van der Waals surface area contributed by atoms with Crippen molar-refractivity contribution in [3.8, 4) is 0 Å². The molecule has 150 valence electrons. The van der Waals surface area contributed by atoms with Gasteiger partial charge in [-0.2, -0.15) is 0 Å². The van der Waals surface area contributed by atoms with Crippen LogP contribution in [0.25, 0.3) is 0 Å². The molecule has 0 aliphatic heterocycles. The highest BCUT2D eigenvalue weighted by atomic mass is 16.5. The summed E-state index contributed by atoms with van der Waals surface area (Å²) in [6, 6.07) is 6.03. The fraction of sp³-hybridized carbons (Fsp3) is 0.619. The molecule has 0 radical (unpaired) electrons. The van der Waals surface area contributed by atoms with Gasteiger partial charge in [0, 0.05) is 51.1 Å². The van der Waals surface area contributed by atoms with E-state index < -0.39 is 0 Å². The van der Waals surface area contributed by atoms with Crippen LogP contribution in [-0.4, -0.2) is 50.6 Å². The highest BCUT2D eigenvalue weighted by Gasteiger charge is 2.26. The van der Waals surface area contributed by atoms with Crippen LogP contribution in [0.5, 0.6) is 0 Å². The first-order chi connectivity index (χ1) is 12.9. The maximum absolute atomic E-state index is 12.5. The van der Waals surface area contributed by atoms with E-state index in [0.717, 1.165) is 42.6 Å². The number of rotatable bonds is 9. The Kier molecular flexibility index (Phi) is 7.66. The van der Waals surface area contributed by atoms with Gasteiger partial charge in [0.1, 0.15) is 6.61 Å². The number of amides is 2. The van der Waals surface area contributed by atoms with Crippen molar-refractivity contribution in [2.24, 2.45) is 5.92 Å². The number of anilines is 2. The molecule has 0 aromatic heterocycles. The van der Waals surface area contributed by atoms with Gasteiger partial charge in [0.15, 0.2) is 0 Å². The first-order valence-electron chi connectivity index (χ1n) is 9.76. The van der Waals surface area contributed by atoms with E-state index in [1.807, 2.05) is 49.0 Å². The molecule has 1 fully saturated rings. The summed E-state index contributed by atoms with van der Waals surface area (Å²) in [4.78, 5) is 28.7. The van der Waals surface area contributed by atoms with Crippen molar-refractivity contribution in [3.05, 3.63) is 23.8 Å². The van der Waals surface area contributed by atoms with Gasteiger partial charge in [-0.15, -0.1) is 0 Å². The number of methoxy groups -OCH3 is 1. The standard InChI is InChI=1S/C21H33N3O3/c1-6-15(2)24(20(25)14-27-5)13-17-12-18(10-11-19(17)23(3)4)22-21(26)16-8-7-9-16/h10-12,15-16H,6-9,13-14H2,1-5H3,(H,22,26)/t15-/m0/s1. The lowest BCUT2D eigenvalue weighted by Gasteiger charge is -2.31. The predicted octanol–water partition coefficient (Wildman–Crippen LogP) is 3.26. The third-order valence-corrected chi connectivity index (χ3v) is 5.36. The summed E-state index contributed by atoms with van der Waals surface area (Å²) in [5.74, 6) is 0.210. The number of carbonyl (C=O) groups excluding carboxylic acids is 2. The molecule has 6 nitrogen and oxygen atoms in total. The normalized spacial score (nSPS) is 15.0. The summed E-state index contributed by atoms with van der Waals surface area (Å²) in [5.41, 5.74) is 2.84. The Labute approximate surface area is 162 Å². The van der Waals surface area contributed by atoms with Crippen LogP contribution in [0.3, 0.4) is 0 Å². The van der Waals surface area contributed by atoms with Crippen LogP contribution in [0.2, 0.25) is 0 Å². The topological polar surface area (TPSA) is 61.9 Å². The van der Waals surface area contributed by atoms with Crippen molar-refractivity contribution in [2.45, 2.75) is 52.1 Å². The van der Waals surface area contributed by atoms with Crippen LogP contribution in [-0.2, 0) is 20.9 Å². The van der Waals surface area contributed by atoms with Crippen LogP contribution in [0.4, 0.5) is 11.4 Å². The van der Waals surface area contributed by atoms with Gasteiger partial charge in [0.2, 0.25) is 11.8 Å². The molecule has 2 amide bonds. The van der Waals surface area contributed by atoms with Crippen molar-refractivity contribution in [1.29, 1.82) is 0 Å². The molecule has 27 heavy (non-hydrogen) atoms. The van der Waals surface area contributed by atoms with Gasteiger partial charge in [0.25, 0.3) is 0 Å². The lowest BCUT2D eigenvalue weighted by Crippen LogP contribution is -2.40. The predicted molar refractivity (Wildman–Crippen MR) is 109 cm³/mol. The molecule has 1 aliphatic carbocycles. The maximum atomic E-state index is 12.5. The van der Waals surface area contributed by atoms with Gasteiger partial charge in [-0.25, -0.2) is 0 Å². The molecular weight excluding hydrogens is 342 g/mol. The Morgan fingerprint density at radius 2 is 2.00 bits per heavy atom. The SMILES string of the molecule is CC[C@H](C)N(Cc1cc(NC(=O)C2CCC2)ccc1N(C)C)C(=O)COC. The molecule has 0 heterocycles. The van der Waals surface area contributed by atoms with Gasteiger partial charge < -0.3 is 19.9 Å². The van der Waals surface area contributed by atoms with Crippen molar-refractivity contribution in [3.63, 3.8) is 0 Å². The largest absolute Gasteiger partial charge is 0.377 e. The number of nitrogens with one attached hydrogen (secondary N) is 1. The number of benzene rings is 1. The Hall–Kier alpha value is -2.08. The fourth-order valence-electron chi connectivity index (χ4n) is 3.24. The number of hydrogen-bond donors (Lipinski definition) is 1. The highest BCUT2D eigenvalue weighted by molar-refractivity contribution is 5.93. The van der Waals surface area contributed by atoms with E-state index in [-0.39, 0.29) is 30.4 Å². The van der Waals surface area contributed by atoms with E-state index in [1.54, 1.807) is 0 Å². The van der Waals surface area contributed by atoms with Gasteiger partial charge in [-0.3, -0.25) is 9.59 Å². The molecule has 1 atom stereocenters. The molecule has 1 saturated carbocycles. The summed E-state index contributed by atoms with van der Waals surface area (Å²) >= 11 is 0. The van der Waals surface area contributed by atoms with E-state index in [2.05, 4.69) is 12.2 Å². The van der Waals surface area contributed by atoms with E-state index in [0.29, 0.717) is 6.54 Å². The van der Waals surface area contributed by atoms with E-state index in [1.165, 1.54) is 7.11 Å². The average molecular weight is 376 g/mol. The number of ether oxygens (including phenoxy) is 1. The van der Waals surface area contributed by atoms with Crippen molar-refractivity contribution < 1.29 is 14.3 Å². The van der Waals surface area contributed by atoms with Crippen molar-refractivity contribution >= 4 is 23.2 Å². The highest BCUT2D eigenvalue weighted by Crippen LogP contribution is 2.29. The molecule has 1 aromatic rings. The Morgan fingerprint density at radius 3 is 2.52 bits per heavy atom. The number of nitrogens with zero attached hydrogens (tertiary/aromatic N) is 2. The summed E-state index contributed by atoms with van der Waals surface area (Å²) < 4.78 is 5.06. The molecule has 6 heteroatoms. The number of hydrogen-bond acceptors (Lipinski definition) is 4. The second-order valence-corrected chi connectivity index (χ2v) is 7.57. The second-order valence-electron chi connectivity index (χ2n) is 7.57. The van der Waals surface area contributed by atoms with Gasteiger partial charge in [-0.05, 0) is 49.9 Å². The van der Waals surface area contributed by atoms with Gasteiger partial charge in [-0.1, -0.05) is 13.3 Å². The third-order valence-electron chi connectivity index (χ3n) is 5.36. The Bertz CT molecular complexity index is 656.